The number of hydrogen-bond donors (Lipinski definition) is 0. The fraction of sp³-hybridized carbons (Fsp3) is 0.400. The van der Waals surface area contributed by atoms with E-state index in [1.165, 1.54) is 11.9 Å². The molecular weight excluding hydrogens is 236 g/mol. The van der Waals surface area contributed by atoms with Crippen molar-refractivity contribution in [2.75, 3.05) is 0 Å². The van der Waals surface area contributed by atoms with Crippen LogP contribution in [0.2, 0.25) is 0 Å². The van der Waals surface area contributed by atoms with E-state index in [4.69, 9.17) is 0 Å². The first-order chi connectivity index (χ1) is 9.05. The van der Waals surface area contributed by atoms with Crippen LogP contribution in [0.4, 0.5) is 0 Å². The van der Waals surface area contributed by atoms with E-state index in [-0.39, 0.29) is 0 Å². The number of rotatable bonds is 4. The predicted molar refractivity (Wildman–Crippen MR) is 73.6 cm³/mol. The second-order valence-electron chi connectivity index (χ2n) is 5.22. The van der Waals surface area contributed by atoms with Crippen LogP contribution in [0.15, 0.2) is 30.9 Å². The maximum atomic E-state index is 9.28. The summed E-state index contributed by atoms with van der Waals surface area (Å²) in [4.78, 5) is 3.95. The summed E-state index contributed by atoms with van der Waals surface area (Å²) in [5, 5.41) is 13.4. The van der Waals surface area contributed by atoms with Crippen molar-refractivity contribution in [1.29, 1.82) is 5.26 Å². The SMILES string of the molecule is CCc1cc(Cn2cncn2)cc(C(C)(C)C#N)c1. The van der Waals surface area contributed by atoms with Crippen molar-refractivity contribution >= 4 is 0 Å². The number of nitrogens with zero attached hydrogens (tertiary/aromatic N) is 4. The van der Waals surface area contributed by atoms with E-state index in [1.54, 1.807) is 11.0 Å². The fourth-order valence-electron chi connectivity index (χ4n) is 1.98. The monoisotopic (exact) mass is 254 g/mol. The van der Waals surface area contributed by atoms with Crippen molar-refractivity contribution in [3.05, 3.63) is 47.5 Å². The minimum atomic E-state index is -0.470. The lowest BCUT2D eigenvalue weighted by Gasteiger charge is -2.18. The molecule has 0 radical (unpaired) electrons. The van der Waals surface area contributed by atoms with Crippen LogP contribution in [0, 0.1) is 11.3 Å². The topological polar surface area (TPSA) is 54.5 Å². The molecule has 4 nitrogen and oxygen atoms in total. The number of aryl methyl sites for hydroxylation is 1. The number of hydrogen-bond acceptors (Lipinski definition) is 3. The van der Waals surface area contributed by atoms with Gasteiger partial charge in [-0.15, -0.1) is 0 Å². The molecule has 19 heavy (non-hydrogen) atoms. The third-order valence-electron chi connectivity index (χ3n) is 3.27. The zero-order chi connectivity index (χ0) is 13.9. The molecule has 2 aromatic rings. The van der Waals surface area contributed by atoms with E-state index >= 15 is 0 Å². The lowest BCUT2D eigenvalue weighted by atomic mass is 9.84. The molecule has 0 amide bonds. The molecule has 0 unspecified atom stereocenters. The number of nitriles is 1. The van der Waals surface area contributed by atoms with E-state index in [0.717, 1.165) is 17.5 Å². The molecule has 1 aromatic heterocycles. The maximum Gasteiger partial charge on any atom is 0.137 e. The Bertz CT molecular complexity index is 591. The zero-order valence-corrected chi connectivity index (χ0v) is 11.6. The molecule has 1 heterocycles. The highest BCUT2D eigenvalue weighted by molar-refractivity contribution is 5.38. The summed E-state index contributed by atoms with van der Waals surface area (Å²) in [7, 11) is 0. The molecule has 1 aromatic carbocycles. The van der Waals surface area contributed by atoms with Crippen LogP contribution in [0.25, 0.3) is 0 Å². The summed E-state index contributed by atoms with van der Waals surface area (Å²) in [6.45, 7) is 6.70. The molecule has 0 spiro atoms. The minimum absolute atomic E-state index is 0.470. The van der Waals surface area contributed by atoms with Gasteiger partial charge in [-0.1, -0.05) is 25.1 Å². The second-order valence-corrected chi connectivity index (χ2v) is 5.22. The van der Waals surface area contributed by atoms with Gasteiger partial charge in [0.05, 0.1) is 18.0 Å². The van der Waals surface area contributed by atoms with E-state index in [0.29, 0.717) is 6.54 Å². The van der Waals surface area contributed by atoms with Crippen molar-refractivity contribution < 1.29 is 0 Å². The Hall–Kier alpha value is -2.15. The molecule has 0 saturated heterocycles. The maximum absolute atomic E-state index is 9.28. The van der Waals surface area contributed by atoms with Gasteiger partial charge in [-0.05, 0) is 37.0 Å². The Labute approximate surface area is 113 Å². The lowest BCUT2D eigenvalue weighted by Crippen LogP contribution is -2.15. The first-order valence-electron chi connectivity index (χ1n) is 6.42. The van der Waals surface area contributed by atoms with Gasteiger partial charge in [-0.25, -0.2) is 9.67 Å². The van der Waals surface area contributed by atoms with Crippen LogP contribution < -0.4 is 0 Å². The molecule has 0 fully saturated rings. The summed E-state index contributed by atoms with van der Waals surface area (Å²) in [5.74, 6) is 0. The summed E-state index contributed by atoms with van der Waals surface area (Å²) in [6, 6.07) is 8.73. The molecule has 0 saturated carbocycles. The molecule has 2 rings (SSSR count). The van der Waals surface area contributed by atoms with Gasteiger partial charge in [-0.3, -0.25) is 0 Å². The first-order valence-corrected chi connectivity index (χ1v) is 6.42. The zero-order valence-electron chi connectivity index (χ0n) is 11.6. The largest absolute Gasteiger partial charge is 0.249 e. The Morgan fingerprint density at radius 1 is 1.26 bits per heavy atom. The Kier molecular flexibility index (Phi) is 3.66. The van der Waals surface area contributed by atoms with Gasteiger partial charge in [0.2, 0.25) is 0 Å². The Balaban J connectivity index is 2.39. The van der Waals surface area contributed by atoms with E-state index < -0.39 is 5.41 Å². The van der Waals surface area contributed by atoms with Crippen molar-refractivity contribution in [3.63, 3.8) is 0 Å². The number of aromatic nitrogens is 3. The minimum Gasteiger partial charge on any atom is -0.249 e. The van der Waals surface area contributed by atoms with Crippen molar-refractivity contribution in [2.24, 2.45) is 0 Å². The van der Waals surface area contributed by atoms with E-state index in [2.05, 4.69) is 41.3 Å². The van der Waals surface area contributed by atoms with Gasteiger partial charge in [0.1, 0.15) is 12.7 Å². The smallest absolute Gasteiger partial charge is 0.137 e. The average Bonchev–Trinajstić information content (AvgIpc) is 2.91. The molecule has 0 bridgehead atoms. The second kappa shape index (κ2) is 5.23. The Morgan fingerprint density at radius 2 is 2.00 bits per heavy atom. The first kappa shape index (κ1) is 13.3. The lowest BCUT2D eigenvalue weighted by molar-refractivity contribution is 0.665. The van der Waals surface area contributed by atoms with Gasteiger partial charge in [0.25, 0.3) is 0 Å². The van der Waals surface area contributed by atoms with Gasteiger partial charge < -0.3 is 0 Å². The molecule has 0 N–H and O–H groups in total. The highest BCUT2D eigenvalue weighted by atomic mass is 15.3. The molecule has 0 aliphatic carbocycles. The summed E-state index contributed by atoms with van der Waals surface area (Å²) in [6.07, 6.45) is 4.19. The molecule has 0 aliphatic heterocycles. The highest BCUT2D eigenvalue weighted by Gasteiger charge is 2.20. The van der Waals surface area contributed by atoms with Gasteiger partial charge in [-0.2, -0.15) is 10.4 Å². The van der Waals surface area contributed by atoms with Crippen LogP contribution >= 0.6 is 0 Å². The third kappa shape index (κ3) is 3.00. The third-order valence-corrected chi connectivity index (χ3v) is 3.27. The van der Waals surface area contributed by atoms with Crippen LogP contribution in [-0.2, 0) is 18.4 Å². The molecule has 0 atom stereocenters. The standard InChI is InChI=1S/C15H18N4/c1-4-12-5-13(8-19-11-17-10-18-19)7-14(6-12)15(2,3)9-16/h5-7,10-11H,4,8H2,1-3H3. The number of benzene rings is 1. The fourth-order valence-corrected chi connectivity index (χ4v) is 1.98. The average molecular weight is 254 g/mol. The molecule has 98 valence electrons. The van der Waals surface area contributed by atoms with Crippen LogP contribution in [0.5, 0.6) is 0 Å². The molecular formula is C15H18N4. The van der Waals surface area contributed by atoms with Crippen LogP contribution in [0.3, 0.4) is 0 Å². The van der Waals surface area contributed by atoms with E-state index in [9.17, 15) is 5.26 Å². The highest BCUT2D eigenvalue weighted by Crippen LogP contribution is 2.25. The van der Waals surface area contributed by atoms with Crippen molar-refractivity contribution in [1.82, 2.24) is 14.8 Å². The van der Waals surface area contributed by atoms with Crippen LogP contribution in [-0.4, -0.2) is 14.8 Å². The molecule has 0 aliphatic rings. The van der Waals surface area contributed by atoms with Crippen molar-refractivity contribution in [2.45, 2.75) is 39.2 Å². The Morgan fingerprint density at radius 3 is 2.58 bits per heavy atom. The van der Waals surface area contributed by atoms with E-state index in [1.807, 2.05) is 13.8 Å². The van der Waals surface area contributed by atoms with Gasteiger partial charge in [0.15, 0.2) is 0 Å². The van der Waals surface area contributed by atoms with Crippen LogP contribution in [0.1, 0.15) is 37.5 Å². The van der Waals surface area contributed by atoms with Gasteiger partial charge in [0, 0.05) is 0 Å². The van der Waals surface area contributed by atoms with Gasteiger partial charge >= 0.3 is 0 Å². The quantitative estimate of drug-likeness (QED) is 0.843. The normalized spacial score (nSPS) is 11.3. The predicted octanol–water partition coefficient (Wildman–Crippen LogP) is 2.69. The van der Waals surface area contributed by atoms with Crippen molar-refractivity contribution in [3.8, 4) is 6.07 Å². The summed E-state index contributed by atoms with van der Waals surface area (Å²) < 4.78 is 1.79. The summed E-state index contributed by atoms with van der Waals surface area (Å²) >= 11 is 0. The summed E-state index contributed by atoms with van der Waals surface area (Å²) in [5.41, 5.74) is 2.99. The molecule has 4 heteroatoms.